The van der Waals surface area contributed by atoms with Crippen LogP contribution in [0.2, 0.25) is 5.54 Å². The standard InChI is InChI=1S/C39H51F3N2O3Si/c1-5-7-11-15-27(3)16-13-9-10-14-17-28(4)48-38-39(41,42)35-33(47-38)24-23-32(36(35)40)37-43-25-30(26-44-37)29-19-21-31(22-20-29)46-34(45)18-12-8-6-2/h19-28,38H,5-18H2,1-4H3. The number of aromatic nitrogens is 2. The molecule has 3 unspecified atom stereocenters. The van der Waals surface area contributed by atoms with Gasteiger partial charge in [-0.15, -0.1) is 0 Å². The van der Waals surface area contributed by atoms with Crippen LogP contribution in [0.25, 0.3) is 22.5 Å². The molecule has 48 heavy (non-hydrogen) atoms. The van der Waals surface area contributed by atoms with Gasteiger partial charge in [0.05, 0.1) is 5.56 Å². The zero-order chi connectivity index (χ0) is 34.5. The molecule has 2 aromatic carbocycles. The molecule has 0 saturated heterocycles. The second kappa shape index (κ2) is 18.5. The van der Waals surface area contributed by atoms with Gasteiger partial charge in [-0.25, -0.2) is 14.4 Å². The minimum atomic E-state index is -3.45. The van der Waals surface area contributed by atoms with Gasteiger partial charge in [0.25, 0.3) is 0 Å². The first kappa shape index (κ1) is 37.6. The molecule has 3 aromatic rings. The lowest BCUT2D eigenvalue weighted by atomic mass is 9.96. The Morgan fingerprint density at radius 3 is 2.15 bits per heavy atom. The van der Waals surface area contributed by atoms with Gasteiger partial charge in [0, 0.05) is 24.4 Å². The Kier molecular flexibility index (Phi) is 14.5. The maximum Gasteiger partial charge on any atom is 0.311 e. The van der Waals surface area contributed by atoms with Crippen molar-refractivity contribution in [2.45, 2.75) is 135 Å². The van der Waals surface area contributed by atoms with E-state index < -0.39 is 23.0 Å². The van der Waals surface area contributed by atoms with Crippen molar-refractivity contribution in [3.63, 3.8) is 0 Å². The quantitative estimate of drug-likeness (QED) is 0.0514. The SMILES string of the molecule is CCCCCC(=O)Oc1ccc(-c2cnc(-c3ccc4c(c3F)C(F)(F)C([Si]C(C)CCCCCCC(C)CCCCC)O4)nc2)cc1. The number of halogens is 3. The van der Waals surface area contributed by atoms with E-state index >= 15 is 13.2 Å². The van der Waals surface area contributed by atoms with E-state index in [4.69, 9.17) is 9.47 Å². The summed E-state index contributed by atoms with van der Waals surface area (Å²) in [6.07, 6.45) is 18.1. The molecular weight excluding hydrogens is 630 g/mol. The molecular formula is C39H51F3N2O3Si. The first-order valence-corrected chi connectivity index (χ1v) is 19.1. The lowest BCUT2D eigenvalue weighted by molar-refractivity contribution is -0.134. The number of nitrogens with zero attached hydrogens (tertiary/aromatic N) is 2. The summed E-state index contributed by atoms with van der Waals surface area (Å²) in [6, 6.07) is 9.75. The average molecular weight is 681 g/mol. The summed E-state index contributed by atoms with van der Waals surface area (Å²) >= 11 is 0. The molecule has 260 valence electrons. The first-order chi connectivity index (χ1) is 23.1. The molecule has 0 aliphatic carbocycles. The van der Waals surface area contributed by atoms with Crippen LogP contribution in [0.1, 0.15) is 123 Å². The molecule has 3 atom stereocenters. The van der Waals surface area contributed by atoms with Gasteiger partial charge in [0.15, 0.2) is 5.82 Å². The Morgan fingerprint density at radius 2 is 1.48 bits per heavy atom. The van der Waals surface area contributed by atoms with Crippen molar-refractivity contribution in [3.05, 3.63) is 60.2 Å². The van der Waals surface area contributed by atoms with Crippen LogP contribution in [0.4, 0.5) is 13.2 Å². The average Bonchev–Trinajstić information content (AvgIpc) is 3.32. The summed E-state index contributed by atoms with van der Waals surface area (Å²) in [4.78, 5) is 20.6. The molecule has 0 spiro atoms. The Hall–Kier alpha value is -3.20. The van der Waals surface area contributed by atoms with E-state index in [1.807, 2.05) is 6.92 Å². The highest BCUT2D eigenvalue weighted by atomic mass is 28.2. The van der Waals surface area contributed by atoms with Crippen LogP contribution in [0.5, 0.6) is 11.5 Å². The van der Waals surface area contributed by atoms with Crippen LogP contribution in [0.15, 0.2) is 48.8 Å². The van der Waals surface area contributed by atoms with Crippen molar-refractivity contribution in [1.29, 1.82) is 0 Å². The zero-order valence-electron chi connectivity index (χ0n) is 29.0. The van der Waals surface area contributed by atoms with Crippen LogP contribution in [0.3, 0.4) is 0 Å². The monoisotopic (exact) mass is 680 g/mol. The molecule has 0 fully saturated rings. The summed E-state index contributed by atoms with van der Waals surface area (Å²) in [5.74, 6) is -3.63. The number of carbonyl (C=O) groups excluding carboxylic acids is 1. The van der Waals surface area contributed by atoms with Crippen LogP contribution < -0.4 is 9.47 Å². The maximum absolute atomic E-state index is 15.7. The molecule has 0 amide bonds. The van der Waals surface area contributed by atoms with Crippen molar-refractivity contribution in [3.8, 4) is 34.0 Å². The van der Waals surface area contributed by atoms with Crippen LogP contribution in [-0.4, -0.2) is 31.2 Å². The van der Waals surface area contributed by atoms with E-state index in [9.17, 15) is 4.79 Å². The van der Waals surface area contributed by atoms with E-state index in [0.717, 1.165) is 50.0 Å². The van der Waals surface area contributed by atoms with E-state index in [0.29, 0.717) is 17.7 Å². The topological polar surface area (TPSA) is 61.3 Å². The molecule has 0 N–H and O–H groups in total. The number of alkyl halides is 2. The van der Waals surface area contributed by atoms with Crippen LogP contribution in [-0.2, 0) is 10.7 Å². The second-order valence-electron chi connectivity index (χ2n) is 13.3. The Morgan fingerprint density at radius 1 is 0.854 bits per heavy atom. The van der Waals surface area contributed by atoms with E-state index in [2.05, 4.69) is 30.7 Å². The number of esters is 1. The smallest absolute Gasteiger partial charge is 0.311 e. The van der Waals surface area contributed by atoms with Gasteiger partial charge < -0.3 is 9.47 Å². The van der Waals surface area contributed by atoms with Crippen molar-refractivity contribution in [1.82, 2.24) is 9.97 Å². The van der Waals surface area contributed by atoms with Crippen molar-refractivity contribution < 1.29 is 27.4 Å². The Bertz CT molecular complexity index is 1440. The van der Waals surface area contributed by atoms with Gasteiger partial charge >= 0.3 is 11.9 Å². The third-order valence-corrected chi connectivity index (χ3v) is 10.8. The fraction of sp³-hybridized carbons (Fsp3) is 0.564. The van der Waals surface area contributed by atoms with E-state index in [1.165, 1.54) is 69.5 Å². The molecule has 1 aromatic heterocycles. The molecule has 0 saturated carbocycles. The second-order valence-corrected chi connectivity index (χ2v) is 15.2. The molecule has 2 heterocycles. The lowest BCUT2D eigenvalue weighted by Crippen LogP contribution is -2.37. The third kappa shape index (κ3) is 10.4. The lowest BCUT2D eigenvalue weighted by Gasteiger charge is -2.21. The normalized spacial score (nSPS) is 16.3. The number of hydrogen-bond donors (Lipinski definition) is 0. The predicted molar refractivity (Wildman–Crippen MR) is 187 cm³/mol. The number of hydrogen-bond acceptors (Lipinski definition) is 5. The largest absolute Gasteiger partial charge is 0.487 e. The first-order valence-electron chi connectivity index (χ1n) is 17.9. The van der Waals surface area contributed by atoms with E-state index in [1.54, 1.807) is 24.3 Å². The molecule has 0 bridgehead atoms. The number of fused-ring (bicyclic) bond motifs is 1. The highest BCUT2D eigenvalue weighted by Crippen LogP contribution is 2.49. The van der Waals surface area contributed by atoms with Gasteiger partial charge in [-0.1, -0.05) is 117 Å². The summed E-state index contributed by atoms with van der Waals surface area (Å²) < 4.78 is 58.0. The van der Waals surface area contributed by atoms with Gasteiger partial charge in [-0.05, 0) is 47.7 Å². The molecule has 4 rings (SSSR count). The van der Waals surface area contributed by atoms with Gasteiger partial charge in [0.1, 0.15) is 38.1 Å². The number of unbranched alkanes of at least 4 members (excludes halogenated alkanes) is 7. The third-order valence-electron chi connectivity index (χ3n) is 9.13. The minimum absolute atomic E-state index is 0.0158. The fourth-order valence-corrected chi connectivity index (χ4v) is 7.61. The molecule has 1 aliphatic heterocycles. The zero-order valence-corrected chi connectivity index (χ0v) is 30.0. The molecule has 5 nitrogen and oxygen atoms in total. The Balaban J connectivity index is 1.29. The van der Waals surface area contributed by atoms with Crippen LogP contribution >= 0.6 is 0 Å². The highest BCUT2D eigenvalue weighted by Gasteiger charge is 2.53. The highest BCUT2D eigenvalue weighted by molar-refractivity contribution is 6.39. The summed E-state index contributed by atoms with van der Waals surface area (Å²) in [6.45, 7) is 8.64. The summed E-state index contributed by atoms with van der Waals surface area (Å²) in [5, 5.41) is 0. The van der Waals surface area contributed by atoms with Crippen molar-refractivity contribution in [2.75, 3.05) is 0 Å². The fourth-order valence-electron chi connectivity index (χ4n) is 6.17. The molecule has 2 radical (unpaired) electrons. The number of benzene rings is 2. The number of ether oxygens (including phenoxy) is 2. The molecule has 1 aliphatic rings. The van der Waals surface area contributed by atoms with Gasteiger partial charge in [-0.2, -0.15) is 8.78 Å². The Labute approximate surface area is 287 Å². The maximum atomic E-state index is 15.7. The number of rotatable bonds is 20. The van der Waals surface area contributed by atoms with Gasteiger partial charge in [-0.3, -0.25) is 4.79 Å². The van der Waals surface area contributed by atoms with E-state index in [-0.39, 0.29) is 38.2 Å². The summed E-state index contributed by atoms with van der Waals surface area (Å²) in [7, 11) is -0.144. The number of carbonyl (C=O) groups is 1. The minimum Gasteiger partial charge on any atom is -0.487 e. The summed E-state index contributed by atoms with van der Waals surface area (Å²) in [5.41, 5.74) is -0.684. The van der Waals surface area contributed by atoms with Crippen molar-refractivity contribution in [2.24, 2.45) is 5.92 Å². The molecule has 9 heteroatoms. The van der Waals surface area contributed by atoms with Crippen molar-refractivity contribution >= 4 is 15.5 Å². The van der Waals surface area contributed by atoms with Gasteiger partial charge in [0.2, 0.25) is 0 Å². The predicted octanol–water partition coefficient (Wildman–Crippen LogP) is 11.3. The van der Waals surface area contributed by atoms with Crippen LogP contribution in [0, 0.1) is 11.7 Å².